The molecule has 140 valence electrons. The highest BCUT2D eigenvalue weighted by Gasteiger charge is 2.36. The van der Waals surface area contributed by atoms with Crippen LogP contribution in [0.5, 0.6) is 0 Å². The van der Waals surface area contributed by atoms with Gasteiger partial charge in [0.05, 0.1) is 13.0 Å². The maximum atomic E-state index is 11.9. The molecule has 0 bridgehead atoms. The summed E-state index contributed by atoms with van der Waals surface area (Å²) in [7, 11) is 3.24. The van der Waals surface area contributed by atoms with Crippen molar-refractivity contribution in [3.63, 3.8) is 0 Å². The number of nitrogens with zero attached hydrogens (tertiary/aromatic N) is 3. The Morgan fingerprint density at radius 2 is 2.12 bits per heavy atom. The van der Waals surface area contributed by atoms with Crippen LogP contribution >= 0.6 is 0 Å². The third-order valence-electron chi connectivity index (χ3n) is 5.17. The van der Waals surface area contributed by atoms with Gasteiger partial charge in [0, 0.05) is 44.9 Å². The Morgan fingerprint density at radius 3 is 2.88 bits per heavy atom. The van der Waals surface area contributed by atoms with Crippen molar-refractivity contribution in [2.24, 2.45) is 16.8 Å². The summed E-state index contributed by atoms with van der Waals surface area (Å²) < 4.78 is 7.20. The molecule has 1 aromatic heterocycles. The second-order valence-electron chi connectivity index (χ2n) is 6.91. The number of rotatable bonds is 5. The van der Waals surface area contributed by atoms with E-state index >= 15 is 0 Å². The number of fused-ring (bicyclic) bond motifs is 1. The van der Waals surface area contributed by atoms with Crippen molar-refractivity contribution in [2.75, 3.05) is 33.8 Å². The van der Waals surface area contributed by atoms with Gasteiger partial charge in [-0.1, -0.05) is 25.1 Å². The predicted molar refractivity (Wildman–Crippen MR) is 104 cm³/mol. The molecule has 2 heterocycles. The van der Waals surface area contributed by atoms with Crippen LogP contribution in [0.4, 0.5) is 0 Å². The zero-order valence-electron chi connectivity index (χ0n) is 15.8. The van der Waals surface area contributed by atoms with E-state index in [2.05, 4.69) is 63.2 Å². The largest absolute Gasteiger partial charge is 0.469 e. The van der Waals surface area contributed by atoms with Gasteiger partial charge < -0.3 is 19.5 Å². The number of aromatic nitrogens is 1. The molecular weight excluding hydrogens is 328 g/mol. The summed E-state index contributed by atoms with van der Waals surface area (Å²) >= 11 is 0. The van der Waals surface area contributed by atoms with Crippen LogP contribution < -0.4 is 5.32 Å². The first-order chi connectivity index (χ1) is 12.6. The molecule has 0 spiro atoms. The van der Waals surface area contributed by atoms with E-state index in [0.717, 1.165) is 32.0 Å². The molecule has 0 saturated carbocycles. The minimum absolute atomic E-state index is 0.0789. The van der Waals surface area contributed by atoms with E-state index in [-0.39, 0.29) is 17.8 Å². The number of methoxy groups -OCH3 is 1. The van der Waals surface area contributed by atoms with E-state index in [1.54, 1.807) is 7.05 Å². The summed E-state index contributed by atoms with van der Waals surface area (Å²) in [5, 5.41) is 4.70. The van der Waals surface area contributed by atoms with Crippen molar-refractivity contribution < 1.29 is 9.53 Å². The molecule has 0 aliphatic carbocycles. The number of guanidine groups is 1. The number of aliphatic imine (C=N–C) groups is 1. The SMILES string of the molecule is CN=C(NCCCn1ccc2ccccc21)N1CC(C)C(C(=O)OC)C1. The maximum absolute atomic E-state index is 11.9. The minimum atomic E-state index is -0.130. The zero-order valence-corrected chi connectivity index (χ0v) is 15.8. The summed E-state index contributed by atoms with van der Waals surface area (Å²) in [6.07, 6.45) is 3.14. The highest BCUT2D eigenvalue weighted by molar-refractivity contribution is 5.82. The number of carbonyl (C=O) groups is 1. The monoisotopic (exact) mass is 356 g/mol. The molecule has 0 radical (unpaired) electrons. The normalized spacial score (nSPS) is 20.6. The Bertz CT molecular complexity index is 783. The first-order valence-corrected chi connectivity index (χ1v) is 9.21. The van der Waals surface area contributed by atoms with Crippen molar-refractivity contribution in [1.82, 2.24) is 14.8 Å². The van der Waals surface area contributed by atoms with E-state index in [1.165, 1.54) is 18.0 Å². The molecule has 2 atom stereocenters. The van der Waals surface area contributed by atoms with Crippen LogP contribution in [0.2, 0.25) is 0 Å². The van der Waals surface area contributed by atoms with Gasteiger partial charge in [0.15, 0.2) is 5.96 Å². The molecule has 0 amide bonds. The van der Waals surface area contributed by atoms with Gasteiger partial charge in [0.2, 0.25) is 0 Å². The number of nitrogens with one attached hydrogen (secondary N) is 1. The summed E-state index contributed by atoms with van der Waals surface area (Å²) in [6, 6.07) is 10.6. The number of benzene rings is 1. The maximum Gasteiger partial charge on any atom is 0.310 e. The van der Waals surface area contributed by atoms with E-state index in [9.17, 15) is 4.79 Å². The number of likely N-dealkylation sites (tertiary alicyclic amines) is 1. The van der Waals surface area contributed by atoms with E-state index in [0.29, 0.717) is 6.54 Å². The summed E-state index contributed by atoms with van der Waals surface area (Å²) in [5.74, 6) is 0.924. The molecule has 1 N–H and O–H groups in total. The number of carbonyl (C=O) groups excluding carboxylic acids is 1. The fraction of sp³-hybridized carbons (Fsp3) is 0.500. The topological polar surface area (TPSA) is 58.9 Å². The predicted octanol–water partition coefficient (Wildman–Crippen LogP) is 2.35. The molecule has 26 heavy (non-hydrogen) atoms. The van der Waals surface area contributed by atoms with Gasteiger partial charge in [-0.3, -0.25) is 9.79 Å². The van der Waals surface area contributed by atoms with Gasteiger partial charge >= 0.3 is 5.97 Å². The summed E-state index contributed by atoms with van der Waals surface area (Å²) in [5.41, 5.74) is 1.27. The van der Waals surface area contributed by atoms with Crippen LogP contribution in [0.1, 0.15) is 13.3 Å². The Kier molecular flexibility index (Phi) is 5.81. The number of hydrogen-bond donors (Lipinski definition) is 1. The third-order valence-corrected chi connectivity index (χ3v) is 5.17. The quantitative estimate of drug-likeness (QED) is 0.387. The third kappa shape index (κ3) is 3.84. The van der Waals surface area contributed by atoms with Gasteiger partial charge in [-0.2, -0.15) is 0 Å². The second kappa shape index (κ2) is 8.25. The fourth-order valence-corrected chi connectivity index (χ4v) is 3.72. The molecule has 6 heteroatoms. The average molecular weight is 356 g/mol. The lowest BCUT2D eigenvalue weighted by Crippen LogP contribution is -2.41. The lowest BCUT2D eigenvalue weighted by atomic mass is 9.99. The average Bonchev–Trinajstić information content (AvgIpc) is 3.25. The molecule has 2 aromatic rings. The molecule has 1 aromatic carbocycles. The van der Waals surface area contributed by atoms with Crippen molar-refractivity contribution in [2.45, 2.75) is 19.9 Å². The molecule has 3 rings (SSSR count). The first-order valence-electron chi connectivity index (χ1n) is 9.21. The zero-order chi connectivity index (χ0) is 18.5. The Labute approximate surface area is 154 Å². The number of para-hydroxylation sites is 1. The van der Waals surface area contributed by atoms with Crippen LogP contribution in [0, 0.1) is 11.8 Å². The van der Waals surface area contributed by atoms with E-state index in [4.69, 9.17) is 4.74 Å². The molecule has 1 fully saturated rings. The van der Waals surface area contributed by atoms with Crippen LogP contribution in [-0.4, -0.2) is 55.2 Å². The van der Waals surface area contributed by atoms with E-state index in [1.807, 2.05) is 0 Å². The molecule has 1 aliphatic rings. The minimum Gasteiger partial charge on any atom is -0.469 e. The lowest BCUT2D eigenvalue weighted by Gasteiger charge is -2.21. The van der Waals surface area contributed by atoms with E-state index < -0.39 is 0 Å². The Morgan fingerprint density at radius 1 is 1.31 bits per heavy atom. The Hall–Kier alpha value is -2.50. The van der Waals surface area contributed by atoms with Gasteiger partial charge in [0.25, 0.3) is 0 Å². The summed E-state index contributed by atoms with van der Waals surface area (Å²) in [6.45, 7) is 5.37. The number of ether oxygens (including phenoxy) is 1. The highest BCUT2D eigenvalue weighted by Crippen LogP contribution is 2.24. The smallest absolute Gasteiger partial charge is 0.310 e. The van der Waals surface area contributed by atoms with Crippen molar-refractivity contribution in [3.05, 3.63) is 36.5 Å². The Balaban J connectivity index is 1.50. The van der Waals surface area contributed by atoms with Gasteiger partial charge in [0.1, 0.15) is 0 Å². The standard InChI is InChI=1S/C20H28N4O2/c1-15-13-24(14-17(15)19(25)26-3)20(21-2)22-10-6-11-23-12-9-16-7-4-5-8-18(16)23/h4-5,7-9,12,15,17H,6,10-11,13-14H2,1-3H3,(H,21,22). The summed E-state index contributed by atoms with van der Waals surface area (Å²) in [4.78, 5) is 18.4. The number of aryl methyl sites for hydroxylation is 1. The van der Waals surface area contributed by atoms with Crippen LogP contribution in [0.25, 0.3) is 10.9 Å². The van der Waals surface area contributed by atoms with Crippen LogP contribution in [0.15, 0.2) is 41.5 Å². The van der Waals surface area contributed by atoms with Crippen molar-refractivity contribution in [3.8, 4) is 0 Å². The van der Waals surface area contributed by atoms with Crippen molar-refractivity contribution in [1.29, 1.82) is 0 Å². The molecule has 2 unspecified atom stereocenters. The fourth-order valence-electron chi connectivity index (χ4n) is 3.72. The molecule has 1 aliphatic heterocycles. The van der Waals surface area contributed by atoms with Gasteiger partial charge in [-0.05, 0) is 29.9 Å². The van der Waals surface area contributed by atoms with Crippen LogP contribution in [-0.2, 0) is 16.1 Å². The van der Waals surface area contributed by atoms with Crippen molar-refractivity contribution >= 4 is 22.8 Å². The van der Waals surface area contributed by atoms with Crippen LogP contribution in [0.3, 0.4) is 0 Å². The van der Waals surface area contributed by atoms with Gasteiger partial charge in [-0.15, -0.1) is 0 Å². The second-order valence-corrected chi connectivity index (χ2v) is 6.91. The molecular formula is C20H28N4O2. The van der Waals surface area contributed by atoms with Gasteiger partial charge in [-0.25, -0.2) is 0 Å². The highest BCUT2D eigenvalue weighted by atomic mass is 16.5. The molecule has 6 nitrogen and oxygen atoms in total. The number of hydrogen-bond acceptors (Lipinski definition) is 3. The molecule has 1 saturated heterocycles. The first kappa shape index (κ1) is 18.3. The lowest BCUT2D eigenvalue weighted by molar-refractivity contribution is -0.145. The number of esters is 1.